The SMILES string of the molecule is CCC[C@H](C(=O)Nc1cc2c(cc1Br)OCCO2)c1ccccc1. The Kier molecular flexibility index (Phi) is 5.41. The van der Waals surface area contributed by atoms with Gasteiger partial charge in [0, 0.05) is 16.6 Å². The highest BCUT2D eigenvalue weighted by atomic mass is 79.9. The lowest BCUT2D eigenvalue weighted by Gasteiger charge is -2.21. The second-order valence-electron chi connectivity index (χ2n) is 5.72. The minimum atomic E-state index is -0.170. The molecule has 1 amide bonds. The summed E-state index contributed by atoms with van der Waals surface area (Å²) in [5, 5.41) is 3.02. The molecule has 24 heavy (non-hydrogen) atoms. The molecule has 1 N–H and O–H groups in total. The number of hydrogen-bond donors (Lipinski definition) is 1. The fourth-order valence-corrected chi connectivity index (χ4v) is 3.22. The number of amides is 1. The first-order valence-corrected chi connectivity index (χ1v) is 8.93. The molecular formula is C19H20BrNO3. The molecule has 2 aromatic carbocycles. The van der Waals surface area contributed by atoms with E-state index in [0.29, 0.717) is 30.4 Å². The smallest absolute Gasteiger partial charge is 0.231 e. The van der Waals surface area contributed by atoms with Crippen molar-refractivity contribution in [2.24, 2.45) is 0 Å². The van der Waals surface area contributed by atoms with Crippen LogP contribution in [0.5, 0.6) is 11.5 Å². The van der Waals surface area contributed by atoms with Crippen molar-refractivity contribution in [2.45, 2.75) is 25.7 Å². The zero-order valence-corrected chi connectivity index (χ0v) is 15.1. The molecule has 4 nitrogen and oxygen atoms in total. The van der Waals surface area contributed by atoms with Gasteiger partial charge in [0.25, 0.3) is 0 Å². The third kappa shape index (κ3) is 3.73. The number of halogens is 1. The van der Waals surface area contributed by atoms with Crippen molar-refractivity contribution in [3.8, 4) is 11.5 Å². The van der Waals surface area contributed by atoms with Gasteiger partial charge in [0.05, 0.1) is 11.6 Å². The van der Waals surface area contributed by atoms with Gasteiger partial charge in [-0.15, -0.1) is 0 Å². The first-order valence-electron chi connectivity index (χ1n) is 8.14. The van der Waals surface area contributed by atoms with Crippen LogP contribution in [0.15, 0.2) is 46.9 Å². The van der Waals surface area contributed by atoms with Crippen LogP contribution >= 0.6 is 15.9 Å². The van der Waals surface area contributed by atoms with Crippen LogP contribution in [-0.2, 0) is 4.79 Å². The van der Waals surface area contributed by atoms with Crippen molar-refractivity contribution < 1.29 is 14.3 Å². The standard InChI is InChI=1S/C19H20BrNO3/c1-2-6-14(13-7-4-3-5-8-13)19(22)21-16-12-18-17(11-15(16)20)23-9-10-24-18/h3-5,7-8,11-12,14H,2,6,9-10H2,1H3,(H,21,22)/t14-/m0/s1. The molecule has 0 aliphatic carbocycles. The summed E-state index contributed by atoms with van der Waals surface area (Å²) in [6.07, 6.45) is 1.74. The maximum atomic E-state index is 12.8. The maximum absolute atomic E-state index is 12.8. The summed E-state index contributed by atoms with van der Waals surface area (Å²) in [5.41, 5.74) is 1.73. The highest BCUT2D eigenvalue weighted by Gasteiger charge is 2.22. The lowest BCUT2D eigenvalue weighted by atomic mass is 9.93. The number of carbonyl (C=O) groups is 1. The molecular weight excluding hydrogens is 370 g/mol. The van der Waals surface area contributed by atoms with Gasteiger partial charge in [0.1, 0.15) is 13.2 Å². The van der Waals surface area contributed by atoms with E-state index in [2.05, 4.69) is 28.2 Å². The van der Waals surface area contributed by atoms with Crippen LogP contribution in [0.2, 0.25) is 0 Å². The Hall–Kier alpha value is -2.01. The predicted octanol–water partition coefficient (Wildman–Crippen LogP) is 4.74. The summed E-state index contributed by atoms with van der Waals surface area (Å²) in [5.74, 6) is 1.17. The Balaban J connectivity index is 1.82. The highest BCUT2D eigenvalue weighted by molar-refractivity contribution is 9.10. The molecule has 0 fully saturated rings. The van der Waals surface area contributed by atoms with E-state index in [9.17, 15) is 4.79 Å². The van der Waals surface area contributed by atoms with Gasteiger partial charge in [0.15, 0.2) is 11.5 Å². The first-order chi connectivity index (χ1) is 11.7. The lowest BCUT2D eigenvalue weighted by molar-refractivity contribution is -0.117. The monoisotopic (exact) mass is 389 g/mol. The summed E-state index contributed by atoms with van der Waals surface area (Å²) < 4.78 is 11.9. The van der Waals surface area contributed by atoms with E-state index in [1.54, 1.807) is 0 Å². The van der Waals surface area contributed by atoms with Crippen LogP contribution < -0.4 is 14.8 Å². The average molecular weight is 390 g/mol. The quantitative estimate of drug-likeness (QED) is 0.802. The Morgan fingerprint density at radius 2 is 1.83 bits per heavy atom. The predicted molar refractivity (Wildman–Crippen MR) is 97.9 cm³/mol. The molecule has 2 aromatic rings. The van der Waals surface area contributed by atoms with E-state index < -0.39 is 0 Å². The van der Waals surface area contributed by atoms with E-state index >= 15 is 0 Å². The topological polar surface area (TPSA) is 47.6 Å². The number of rotatable bonds is 5. The molecule has 3 rings (SSSR count). The number of anilines is 1. The molecule has 0 unspecified atom stereocenters. The second-order valence-corrected chi connectivity index (χ2v) is 6.57. The van der Waals surface area contributed by atoms with Crippen molar-refractivity contribution >= 4 is 27.5 Å². The van der Waals surface area contributed by atoms with Crippen molar-refractivity contribution in [3.05, 3.63) is 52.5 Å². The molecule has 0 saturated carbocycles. The van der Waals surface area contributed by atoms with Crippen LogP contribution in [0.4, 0.5) is 5.69 Å². The molecule has 126 valence electrons. The minimum Gasteiger partial charge on any atom is -0.486 e. The number of benzene rings is 2. The van der Waals surface area contributed by atoms with Gasteiger partial charge >= 0.3 is 0 Å². The molecule has 0 saturated heterocycles. The molecule has 1 atom stereocenters. The molecule has 0 aromatic heterocycles. The molecule has 1 aliphatic heterocycles. The van der Waals surface area contributed by atoms with Gasteiger partial charge in [-0.25, -0.2) is 0 Å². The molecule has 0 spiro atoms. The minimum absolute atomic E-state index is 0.0135. The average Bonchev–Trinajstić information content (AvgIpc) is 2.61. The van der Waals surface area contributed by atoms with Gasteiger partial charge in [0.2, 0.25) is 5.91 Å². The Morgan fingerprint density at radius 3 is 2.50 bits per heavy atom. The van der Waals surface area contributed by atoms with Gasteiger partial charge in [-0.05, 0) is 27.9 Å². The molecule has 1 aliphatic rings. The number of carbonyl (C=O) groups excluding carboxylic acids is 1. The third-order valence-electron chi connectivity index (χ3n) is 3.99. The number of nitrogens with one attached hydrogen (secondary N) is 1. The third-order valence-corrected chi connectivity index (χ3v) is 4.64. The number of ether oxygens (including phenoxy) is 2. The molecule has 0 radical (unpaired) electrons. The van der Waals surface area contributed by atoms with E-state index in [1.807, 2.05) is 42.5 Å². The molecule has 0 bridgehead atoms. The van der Waals surface area contributed by atoms with E-state index in [1.165, 1.54) is 0 Å². The highest BCUT2D eigenvalue weighted by Crippen LogP contribution is 2.38. The van der Waals surface area contributed by atoms with Crippen LogP contribution in [0.3, 0.4) is 0 Å². The van der Waals surface area contributed by atoms with E-state index in [0.717, 1.165) is 22.9 Å². The first kappa shape index (κ1) is 16.8. The molecule has 5 heteroatoms. The van der Waals surface area contributed by atoms with E-state index in [-0.39, 0.29) is 11.8 Å². The Bertz CT molecular complexity index is 718. The van der Waals surface area contributed by atoms with E-state index in [4.69, 9.17) is 9.47 Å². The fraction of sp³-hybridized carbons (Fsp3) is 0.316. The normalized spacial score (nSPS) is 14.1. The number of fused-ring (bicyclic) bond motifs is 1. The van der Waals surface area contributed by atoms with Crippen LogP contribution in [0.1, 0.15) is 31.2 Å². The van der Waals surface area contributed by atoms with Gasteiger partial charge in [-0.1, -0.05) is 43.7 Å². The second kappa shape index (κ2) is 7.71. The van der Waals surface area contributed by atoms with Gasteiger partial charge in [-0.2, -0.15) is 0 Å². The molecule has 1 heterocycles. The van der Waals surface area contributed by atoms with Crippen LogP contribution in [0, 0.1) is 0 Å². The maximum Gasteiger partial charge on any atom is 0.231 e. The van der Waals surface area contributed by atoms with Crippen molar-refractivity contribution in [1.82, 2.24) is 0 Å². The lowest BCUT2D eigenvalue weighted by Crippen LogP contribution is -2.22. The summed E-state index contributed by atoms with van der Waals surface area (Å²) in [6.45, 7) is 3.14. The van der Waals surface area contributed by atoms with Gasteiger partial charge in [-0.3, -0.25) is 4.79 Å². The summed E-state index contributed by atoms with van der Waals surface area (Å²) in [6, 6.07) is 13.5. The summed E-state index contributed by atoms with van der Waals surface area (Å²) in [7, 11) is 0. The number of hydrogen-bond acceptors (Lipinski definition) is 3. The van der Waals surface area contributed by atoms with Crippen LogP contribution in [-0.4, -0.2) is 19.1 Å². The zero-order chi connectivity index (χ0) is 16.9. The summed E-state index contributed by atoms with van der Waals surface area (Å²) >= 11 is 3.50. The zero-order valence-electron chi connectivity index (χ0n) is 13.5. The van der Waals surface area contributed by atoms with Gasteiger partial charge < -0.3 is 14.8 Å². The summed E-state index contributed by atoms with van der Waals surface area (Å²) in [4.78, 5) is 12.8. The van der Waals surface area contributed by atoms with Crippen molar-refractivity contribution in [2.75, 3.05) is 18.5 Å². The largest absolute Gasteiger partial charge is 0.486 e. The Labute approximate surface area is 150 Å². The van der Waals surface area contributed by atoms with Crippen LogP contribution in [0.25, 0.3) is 0 Å². The fourth-order valence-electron chi connectivity index (χ4n) is 2.80. The Morgan fingerprint density at radius 1 is 1.17 bits per heavy atom. The van der Waals surface area contributed by atoms with Crippen molar-refractivity contribution in [1.29, 1.82) is 0 Å². The van der Waals surface area contributed by atoms with Crippen molar-refractivity contribution in [3.63, 3.8) is 0 Å².